The van der Waals surface area contributed by atoms with Crippen molar-refractivity contribution in [2.75, 3.05) is 13.1 Å². The maximum atomic E-state index is 12.3. The third-order valence-electron chi connectivity index (χ3n) is 3.31. The summed E-state index contributed by atoms with van der Waals surface area (Å²) in [5.74, 6) is 0.272. The zero-order valence-corrected chi connectivity index (χ0v) is 10.7. The Balaban J connectivity index is 2.19. The van der Waals surface area contributed by atoms with Crippen molar-refractivity contribution in [3.05, 3.63) is 30.3 Å². The van der Waals surface area contributed by atoms with E-state index in [-0.39, 0.29) is 12.0 Å². The maximum absolute atomic E-state index is 12.3. The van der Waals surface area contributed by atoms with Crippen molar-refractivity contribution >= 4 is 10.0 Å². The first kappa shape index (κ1) is 12.5. The molecule has 0 radical (unpaired) electrons. The fraction of sp³-hybridized carbons (Fsp3) is 0.500. The molecule has 1 aliphatic heterocycles. The van der Waals surface area contributed by atoms with Crippen molar-refractivity contribution in [2.45, 2.75) is 24.3 Å². The molecule has 0 bridgehead atoms. The topological polar surface area (TPSA) is 63.4 Å². The van der Waals surface area contributed by atoms with Crippen LogP contribution < -0.4 is 5.73 Å². The Hall–Kier alpha value is -0.910. The van der Waals surface area contributed by atoms with E-state index in [4.69, 9.17) is 5.73 Å². The predicted molar refractivity (Wildman–Crippen MR) is 67.0 cm³/mol. The number of rotatable bonds is 3. The summed E-state index contributed by atoms with van der Waals surface area (Å²) >= 11 is 0. The van der Waals surface area contributed by atoms with E-state index in [1.807, 2.05) is 13.0 Å². The van der Waals surface area contributed by atoms with E-state index < -0.39 is 10.0 Å². The van der Waals surface area contributed by atoms with Crippen LogP contribution in [0.15, 0.2) is 35.2 Å². The third kappa shape index (κ3) is 2.51. The molecule has 1 fully saturated rings. The molecule has 2 rings (SSSR count). The maximum Gasteiger partial charge on any atom is 0.243 e. The number of nitrogens with two attached hydrogens (primary N) is 1. The normalized spacial score (nSPS) is 23.8. The minimum atomic E-state index is -3.33. The molecule has 4 nitrogen and oxygen atoms in total. The molecule has 5 heteroatoms. The Kier molecular flexibility index (Phi) is 3.51. The summed E-state index contributed by atoms with van der Waals surface area (Å²) in [5.41, 5.74) is 5.82. The molecule has 94 valence electrons. The Morgan fingerprint density at radius 1 is 1.35 bits per heavy atom. The molecule has 2 unspecified atom stereocenters. The third-order valence-corrected chi connectivity index (χ3v) is 5.19. The van der Waals surface area contributed by atoms with Gasteiger partial charge in [0.05, 0.1) is 4.90 Å². The van der Waals surface area contributed by atoms with E-state index in [2.05, 4.69) is 0 Å². The van der Waals surface area contributed by atoms with Crippen LogP contribution in [0, 0.1) is 5.92 Å². The van der Waals surface area contributed by atoms with Gasteiger partial charge in [0, 0.05) is 19.1 Å². The van der Waals surface area contributed by atoms with E-state index >= 15 is 0 Å². The van der Waals surface area contributed by atoms with Gasteiger partial charge in [-0.3, -0.25) is 0 Å². The predicted octanol–water partition coefficient (Wildman–Crippen LogP) is 1.04. The Morgan fingerprint density at radius 2 is 2.00 bits per heavy atom. The van der Waals surface area contributed by atoms with Crippen LogP contribution in [0.2, 0.25) is 0 Å². The van der Waals surface area contributed by atoms with E-state index in [1.54, 1.807) is 24.3 Å². The second kappa shape index (κ2) is 4.76. The van der Waals surface area contributed by atoms with Crippen LogP contribution in [0.1, 0.15) is 13.3 Å². The molecular weight excluding hydrogens is 236 g/mol. The highest BCUT2D eigenvalue weighted by Crippen LogP contribution is 2.25. The van der Waals surface area contributed by atoms with Gasteiger partial charge in [-0.15, -0.1) is 0 Å². The molecule has 1 aromatic carbocycles. The molecule has 0 aliphatic carbocycles. The molecule has 2 atom stereocenters. The largest absolute Gasteiger partial charge is 0.328 e. The quantitative estimate of drug-likeness (QED) is 0.876. The molecule has 1 heterocycles. The summed E-state index contributed by atoms with van der Waals surface area (Å²) in [5, 5.41) is 0. The Bertz CT molecular complexity index is 471. The standard InChI is InChI=1S/C12H18N2O2S/c1-10(13)11-7-8-14(9-11)17(15,16)12-5-3-2-4-6-12/h2-6,10-11H,7-9,13H2,1H3. The van der Waals surface area contributed by atoms with Crippen LogP contribution in [0.4, 0.5) is 0 Å². The zero-order chi connectivity index (χ0) is 12.5. The lowest BCUT2D eigenvalue weighted by atomic mass is 10.0. The van der Waals surface area contributed by atoms with Crippen molar-refractivity contribution < 1.29 is 8.42 Å². The van der Waals surface area contributed by atoms with Crippen molar-refractivity contribution in [1.82, 2.24) is 4.31 Å². The van der Waals surface area contributed by atoms with E-state index in [0.717, 1.165) is 6.42 Å². The first-order chi connectivity index (χ1) is 8.01. The molecule has 1 saturated heterocycles. The first-order valence-electron chi connectivity index (χ1n) is 5.82. The number of benzene rings is 1. The molecular formula is C12H18N2O2S. The summed E-state index contributed by atoms with van der Waals surface area (Å²) in [6, 6.07) is 8.61. The van der Waals surface area contributed by atoms with Crippen molar-refractivity contribution in [3.8, 4) is 0 Å². The number of hydrogen-bond acceptors (Lipinski definition) is 3. The molecule has 17 heavy (non-hydrogen) atoms. The molecule has 1 aliphatic rings. The van der Waals surface area contributed by atoms with Gasteiger partial charge in [0.1, 0.15) is 0 Å². The van der Waals surface area contributed by atoms with Crippen LogP contribution in [0.25, 0.3) is 0 Å². The average molecular weight is 254 g/mol. The molecule has 0 aromatic heterocycles. The SMILES string of the molecule is CC(N)C1CCN(S(=O)(=O)c2ccccc2)C1. The van der Waals surface area contributed by atoms with Gasteiger partial charge in [-0.1, -0.05) is 18.2 Å². The second-order valence-electron chi connectivity index (χ2n) is 4.58. The van der Waals surface area contributed by atoms with Gasteiger partial charge in [0.15, 0.2) is 0 Å². The number of sulfonamides is 1. The number of hydrogen-bond donors (Lipinski definition) is 1. The van der Waals surface area contributed by atoms with Gasteiger partial charge in [0.2, 0.25) is 10.0 Å². The molecule has 0 spiro atoms. The lowest BCUT2D eigenvalue weighted by molar-refractivity contribution is 0.429. The van der Waals surface area contributed by atoms with Crippen molar-refractivity contribution in [3.63, 3.8) is 0 Å². The summed E-state index contributed by atoms with van der Waals surface area (Å²) < 4.78 is 26.1. The molecule has 0 saturated carbocycles. The lowest BCUT2D eigenvalue weighted by Crippen LogP contribution is -2.33. The van der Waals surface area contributed by atoms with Gasteiger partial charge in [-0.05, 0) is 31.4 Å². The summed E-state index contributed by atoms with van der Waals surface area (Å²) in [4.78, 5) is 0.366. The van der Waals surface area contributed by atoms with Crippen LogP contribution >= 0.6 is 0 Å². The van der Waals surface area contributed by atoms with Crippen LogP contribution in [-0.2, 0) is 10.0 Å². The van der Waals surface area contributed by atoms with Gasteiger partial charge < -0.3 is 5.73 Å². The van der Waals surface area contributed by atoms with Crippen LogP contribution in [0.3, 0.4) is 0 Å². The fourth-order valence-corrected chi connectivity index (χ4v) is 3.68. The lowest BCUT2D eigenvalue weighted by Gasteiger charge is -2.18. The van der Waals surface area contributed by atoms with Gasteiger partial charge in [-0.2, -0.15) is 4.31 Å². The molecule has 2 N–H and O–H groups in total. The number of nitrogens with zero attached hydrogens (tertiary/aromatic N) is 1. The Labute approximate surface area is 102 Å². The van der Waals surface area contributed by atoms with E-state index in [0.29, 0.717) is 18.0 Å². The van der Waals surface area contributed by atoms with Gasteiger partial charge in [-0.25, -0.2) is 8.42 Å². The highest BCUT2D eigenvalue weighted by Gasteiger charge is 2.33. The highest BCUT2D eigenvalue weighted by molar-refractivity contribution is 7.89. The van der Waals surface area contributed by atoms with Crippen molar-refractivity contribution in [2.24, 2.45) is 11.7 Å². The summed E-state index contributed by atoms with van der Waals surface area (Å²) in [7, 11) is -3.33. The monoisotopic (exact) mass is 254 g/mol. The smallest absolute Gasteiger partial charge is 0.243 e. The zero-order valence-electron chi connectivity index (χ0n) is 9.91. The first-order valence-corrected chi connectivity index (χ1v) is 7.26. The van der Waals surface area contributed by atoms with Crippen LogP contribution in [0.5, 0.6) is 0 Å². The minimum Gasteiger partial charge on any atom is -0.328 e. The summed E-state index contributed by atoms with van der Waals surface area (Å²) in [6.07, 6.45) is 0.851. The molecule has 1 aromatic rings. The van der Waals surface area contributed by atoms with Crippen molar-refractivity contribution in [1.29, 1.82) is 0 Å². The molecule has 0 amide bonds. The highest BCUT2D eigenvalue weighted by atomic mass is 32.2. The van der Waals surface area contributed by atoms with Gasteiger partial charge >= 0.3 is 0 Å². The second-order valence-corrected chi connectivity index (χ2v) is 6.52. The Morgan fingerprint density at radius 3 is 2.53 bits per heavy atom. The van der Waals surface area contributed by atoms with E-state index in [1.165, 1.54) is 4.31 Å². The van der Waals surface area contributed by atoms with Crippen LogP contribution in [-0.4, -0.2) is 31.9 Å². The van der Waals surface area contributed by atoms with E-state index in [9.17, 15) is 8.42 Å². The minimum absolute atomic E-state index is 0.0472. The average Bonchev–Trinajstić information content (AvgIpc) is 2.80. The summed E-state index contributed by atoms with van der Waals surface area (Å²) in [6.45, 7) is 3.04. The fourth-order valence-electron chi connectivity index (χ4n) is 2.14. The van der Waals surface area contributed by atoms with Gasteiger partial charge in [0.25, 0.3) is 0 Å².